The van der Waals surface area contributed by atoms with Crippen molar-refractivity contribution in [1.29, 1.82) is 0 Å². The van der Waals surface area contributed by atoms with Gasteiger partial charge in [0, 0.05) is 6.07 Å². The van der Waals surface area contributed by atoms with E-state index in [1.165, 1.54) is 5.56 Å². The lowest BCUT2D eigenvalue weighted by Gasteiger charge is -2.08. The molecule has 4 heteroatoms. The van der Waals surface area contributed by atoms with Crippen LogP contribution in [0.5, 0.6) is 11.5 Å². The molecule has 0 aliphatic rings. The van der Waals surface area contributed by atoms with Gasteiger partial charge in [-0.3, -0.25) is 0 Å². The molecular weight excluding hydrogens is 254 g/mol. The zero-order valence-electron chi connectivity index (χ0n) is 12.0. The monoisotopic (exact) mass is 275 g/mol. The number of nitrogens with one attached hydrogen (secondary N) is 1. The molecule has 2 rings (SSSR count). The number of rotatable bonds is 8. The van der Waals surface area contributed by atoms with Crippen LogP contribution in [0.4, 0.5) is 0 Å². The lowest BCUT2D eigenvalue weighted by Crippen LogP contribution is -2.14. The highest BCUT2D eigenvalue weighted by molar-refractivity contribution is 5.38. The van der Waals surface area contributed by atoms with Gasteiger partial charge in [-0.25, -0.2) is 0 Å². The summed E-state index contributed by atoms with van der Waals surface area (Å²) < 4.78 is 15.8. The molecule has 20 heavy (non-hydrogen) atoms. The second kappa shape index (κ2) is 7.60. The standard InChI is InChI=1S/C16H21NO3/c1-18-15-9-13(10-16(11-15)19-2)5-3-7-17-12-14-6-4-8-20-14/h4,6,8-11,17H,3,5,7,12H2,1-2H3. The molecule has 0 saturated heterocycles. The van der Waals surface area contributed by atoms with E-state index >= 15 is 0 Å². The number of benzene rings is 1. The number of hydrogen-bond donors (Lipinski definition) is 1. The van der Waals surface area contributed by atoms with Crippen LogP contribution in [0.2, 0.25) is 0 Å². The third kappa shape index (κ3) is 4.31. The predicted molar refractivity (Wildman–Crippen MR) is 78.3 cm³/mol. The van der Waals surface area contributed by atoms with Crippen molar-refractivity contribution in [2.75, 3.05) is 20.8 Å². The molecule has 0 saturated carbocycles. The molecule has 1 aromatic carbocycles. The fourth-order valence-electron chi connectivity index (χ4n) is 2.05. The first-order valence-corrected chi connectivity index (χ1v) is 6.77. The molecule has 1 N–H and O–H groups in total. The van der Waals surface area contributed by atoms with Crippen molar-refractivity contribution < 1.29 is 13.9 Å². The van der Waals surface area contributed by atoms with Crippen molar-refractivity contribution in [1.82, 2.24) is 5.32 Å². The van der Waals surface area contributed by atoms with Crippen molar-refractivity contribution in [2.24, 2.45) is 0 Å². The molecule has 0 unspecified atom stereocenters. The first-order valence-electron chi connectivity index (χ1n) is 6.77. The SMILES string of the molecule is COc1cc(CCCNCc2ccco2)cc(OC)c1. The molecule has 0 atom stereocenters. The Hall–Kier alpha value is -1.94. The topological polar surface area (TPSA) is 43.6 Å². The average molecular weight is 275 g/mol. The van der Waals surface area contributed by atoms with Crippen LogP contribution in [0.15, 0.2) is 41.0 Å². The largest absolute Gasteiger partial charge is 0.497 e. The molecule has 0 aliphatic heterocycles. The summed E-state index contributed by atoms with van der Waals surface area (Å²) >= 11 is 0. The Morgan fingerprint density at radius 2 is 1.85 bits per heavy atom. The number of ether oxygens (including phenoxy) is 2. The van der Waals surface area contributed by atoms with Crippen LogP contribution in [-0.2, 0) is 13.0 Å². The molecule has 0 bridgehead atoms. The quantitative estimate of drug-likeness (QED) is 0.752. The summed E-state index contributed by atoms with van der Waals surface area (Å²) in [4.78, 5) is 0. The van der Waals surface area contributed by atoms with E-state index < -0.39 is 0 Å². The second-order valence-corrected chi connectivity index (χ2v) is 4.58. The van der Waals surface area contributed by atoms with Gasteiger partial charge < -0.3 is 19.2 Å². The normalized spacial score (nSPS) is 10.5. The molecule has 0 amide bonds. The Bertz CT molecular complexity index is 486. The Kier molecular flexibility index (Phi) is 5.50. The molecule has 1 aromatic heterocycles. The van der Waals surface area contributed by atoms with E-state index in [9.17, 15) is 0 Å². The Morgan fingerprint density at radius 3 is 2.45 bits per heavy atom. The summed E-state index contributed by atoms with van der Waals surface area (Å²) in [5.74, 6) is 2.64. The number of aryl methyl sites for hydroxylation is 1. The number of furan rings is 1. The maximum Gasteiger partial charge on any atom is 0.122 e. The highest BCUT2D eigenvalue weighted by Crippen LogP contribution is 2.23. The summed E-state index contributed by atoms with van der Waals surface area (Å²) in [5, 5.41) is 3.36. The Morgan fingerprint density at radius 1 is 1.10 bits per heavy atom. The molecule has 2 aromatic rings. The van der Waals surface area contributed by atoms with Crippen LogP contribution in [0.3, 0.4) is 0 Å². The van der Waals surface area contributed by atoms with Crippen LogP contribution in [0.1, 0.15) is 17.7 Å². The molecule has 0 fully saturated rings. The lowest BCUT2D eigenvalue weighted by molar-refractivity contribution is 0.393. The second-order valence-electron chi connectivity index (χ2n) is 4.58. The van der Waals surface area contributed by atoms with E-state index in [0.717, 1.165) is 43.2 Å². The average Bonchev–Trinajstić information content (AvgIpc) is 2.99. The van der Waals surface area contributed by atoms with Crippen LogP contribution >= 0.6 is 0 Å². The van der Waals surface area contributed by atoms with Crippen molar-refractivity contribution in [3.05, 3.63) is 47.9 Å². The third-order valence-corrected chi connectivity index (χ3v) is 3.11. The van der Waals surface area contributed by atoms with Crippen LogP contribution in [0.25, 0.3) is 0 Å². The van der Waals surface area contributed by atoms with E-state index in [4.69, 9.17) is 13.9 Å². The molecule has 0 aliphatic carbocycles. The van der Waals surface area contributed by atoms with Gasteiger partial charge in [0.2, 0.25) is 0 Å². The summed E-state index contributed by atoms with van der Waals surface area (Å²) in [6, 6.07) is 9.86. The van der Waals surface area contributed by atoms with Gasteiger partial charge in [-0.1, -0.05) is 0 Å². The number of methoxy groups -OCH3 is 2. The molecule has 1 heterocycles. The highest BCUT2D eigenvalue weighted by Gasteiger charge is 2.02. The van der Waals surface area contributed by atoms with E-state index in [0.29, 0.717) is 0 Å². The van der Waals surface area contributed by atoms with Gasteiger partial charge in [0.1, 0.15) is 17.3 Å². The highest BCUT2D eigenvalue weighted by atomic mass is 16.5. The Labute approximate surface area is 119 Å². The molecule has 0 spiro atoms. The summed E-state index contributed by atoms with van der Waals surface area (Å²) in [6.45, 7) is 1.72. The summed E-state index contributed by atoms with van der Waals surface area (Å²) in [5.41, 5.74) is 1.22. The third-order valence-electron chi connectivity index (χ3n) is 3.11. The fraction of sp³-hybridized carbons (Fsp3) is 0.375. The summed E-state index contributed by atoms with van der Waals surface area (Å²) in [7, 11) is 3.34. The molecule has 4 nitrogen and oxygen atoms in total. The molecule has 108 valence electrons. The first kappa shape index (κ1) is 14.5. The minimum atomic E-state index is 0.772. The van der Waals surface area contributed by atoms with Crippen LogP contribution < -0.4 is 14.8 Å². The van der Waals surface area contributed by atoms with Crippen molar-refractivity contribution in [3.8, 4) is 11.5 Å². The maximum absolute atomic E-state index is 5.27. The van der Waals surface area contributed by atoms with Gasteiger partial charge in [0.25, 0.3) is 0 Å². The zero-order valence-corrected chi connectivity index (χ0v) is 12.0. The first-order chi connectivity index (χ1) is 9.81. The van der Waals surface area contributed by atoms with Crippen LogP contribution in [0, 0.1) is 0 Å². The summed E-state index contributed by atoms with van der Waals surface area (Å²) in [6.07, 6.45) is 3.73. The van der Waals surface area contributed by atoms with Crippen molar-refractivity contribution >= 4 is 0 Å². The lowest BCUT2D eigenvalue weighted by atomic mass is 10.1. The molecular formula is C16H21NO3. The maximum atomic E-state index is 5.27. The predicted octanol–water partition coefficient (Wildman–Crippen LogP) is 3.02. The van der Waals surface area contributed by atoms with E-state index in [2.05, 4.69) is 17.4 Å². The van der Waals surface area contributed by atoms with E-state index in [1.807, 2.05) is 18.2 Å². The van der Waals surface area contributed by atoms with E-state index in [-0.39, 0.29) is 0 Å². The van der Waals surface area contributed by atoms with Crippen LogP contribution in [-0.4, -0.2) is 20.8 Å². The van der Waals surface area contributed by atoms with Crippen molar-refractivity contribution in [3.63, 3.8) is 0 Å². The fourth-order valence-corrected chi connectivity index (χ4v) is 2.05. The van der Waals surface area contributed by atoms with Crippen molar-refractivity contribution in [2.45, 2.75) is 19.4 Å². The van der Waals surface area contributed by atoms with Gasteiger partial charge in [0.05, 0.1) is 27.0 Å². The van der Waals surface area contributed by atoms with Gasteiger partial charge in [0.15, 0.2) is 0 Å². The smallest absolute Gasteiger partial charge is 0.122 e. The van der Waals surface area contributed by atoms with Gasteiger partial charge in [-0.15, -0.1) is 0 Å². The van der Waals surface area contributed by atoms with Gasteiger partial charge in [-0.05, 0) is 49.2 Å². The minimum absolute atomic E-state index is 0.772. The molecule has 0 radical (unpaired) electrons. The minimum Gasteiger partial charge on any atom is -0.497 e. The van der Waals surface area contributed by atoms with Gasteiger partial charge >= 0.3 is 0 Å². The van der Waals surface area contributed by atoms with Gasteiger partial charge in [-0.2, -0.15) is 0 Å². The number of hydrogen-bond acceptors (Lipinski definition) is 4. The van der Waals surface area contributed by atoms with E-state index in [1.54, 1.807) is 20.5 Å². The zero-order chi connectivity index (χ0) is 14.2. The Balaban J connectivity index is 1.75.